The highest BCUT2D eigenvalue weighted by molar-refractivity contribution is 6.13. The van der Waals surface area contributed by atoms with Crippen LogP contribution in [-0.4, -0.2) is 75.5 Å². The molecule has 0 aliphatic carbocycles. The number of nitrogens with one attached hydrogen (secondary N) is 3. The van der Waals surface area contributed by atoms with E-state index in [4.69, 9.17) is 4.98 Å². The normalized spacial score (nSPS) is 20.4. The quantitative estimate of drug-likeness (QED) is 0.324. The molecule has 0 unspecified atom stereocenters. The summed E-state index contributed by atoms with van der Waals surface area (Å²) in [6.45, 7) is 1.54. The molecule has 2 aliphatic heterocycles. The van der Waals surface area contributed by atoms with Crippen LogP contribution in [0.2, 0.25) is 0 Å². The molecule has 7 heterocycles. The van der Waals surface area contributed by atoms with Crippen molar-refractivity contribution in [3.8, 4) is 0 Å². The number of rotatable bonds is 5. The van der Waals surface area contributed by atoms with Gasteiger partial charge in [0.05, 0.1) is 28.9 Å². The lowest BCUT2D eigenvalue weighted by molar-refractivity contribution is 0.0946. The highest BCUT2D eigenvalue weighted by Gasteiger charge is 2.38. The average molecular weight is 486 g/mol. The smallest absolute Gasteiger partial charge is 0.252 e. The second-order valence-corrected chi connectivity index (χ2v) is 9.80. The molecule has 0 radical (unpaired) electrons. The van der Waals surface area contributed by atoms with E-state index in [0.29, 0.717) is 57.7 Å². The van der Waals surface area contributed by atoms with Crippen LogP contribution in [0.4, 0.5) is 5.69 Å². The fraction of sp³-hybridized carbons (Fsp3) is 0.417. The van der Waals surface area contributed by atoms with Crippen LogP contribution in [0.25, 0.3) is 33.2 Å². The maximum absolute atomic E-state index is 12.9. The van der Waals surface area contributed by atoms with E-state index in [1.54, 1.807) is 23.3 Å². The van der Waals surface area contributed by atoms with Crippen molar-refractivity contribution >= 4 is 44.8 Å². The van der Waals surface area contributed by atoms with Crippen molar-refractivity contribution in [2.75, 3.05) is 13.1 Å². The Kier molecular flexibility index (Phi) is 4.71. The number of hydrogen-bond acceptors (Lipinski definition) is 7. The van der Waals surface area contributed by atoms with E-state index in [9.17, 15) is 4.79 Å². The molecule has 3 N–H and O–H groups in total. The number of H-pyrrole nitrogens is 2. The molecule has 2 fully saturated rings. The van der Waals surface area contributed by atoms with Crippen molar-refractivity contribution in [3.05, 3.63) is 35.8 Å². The Balaban J connectivity index is 1.23. The van der Waals surface area contributed by atoms with Gasteiger partial charge in [-0.3, -0.25) is 29.1 Å². The molecule has 0 spiro atoms. The van der Waals surface area contributed by atoms with Gasteiger partial charge in [0.15, 0.2) is 5.65 Å². The van der Waals surface area contributed by atoms with Gasteiger partial charge in [-0.1, -0.05) is 0 Å². The zero-order valence-electron chi connectivity index (χ0n) is 20.2. The van der Waals surface area contributed by atoms with Gasteiger partial charge in [-0.05, 0) is 31.7 Å². The zero-order chi connectivity index (χ0) is 24.4. The number of nitrogens with zero attached hydrogens (tertiary/aromatic N) is 8. The third-order valence-corrected chi connectivity index (χ3v) is 7.54. The lowest BCUT2D eigenvalue weighted by Crippen LogP contribution is -2.37. The van der Waals surface area contributed by atoms with Gasteiger partial charge in [0.2, 0.25) is 0 Å². The second-order valence-electron chi connectivity index (χ2n) is 9.80. The molecule has 0 saturated carbocycles. The Morgan fingerprint density at radius 2 is 1.94 bits per heavy atom. The number of amides is 1. The van der Waals surface area contributed by atoms with E-state index in [1.807, 2.05) is 24.8 Å². The average Bonchev–Trinajstić information content (AvgIpc) is 3.64. The summed E-state index contributed by atoms with van der Waals surface area (Å²) in [7, 11) is 3.72. The topological polar surface area (TPSA) is 138 Å². The zero-order valence-corrected chi connectivity index (χ0v) is 20.2. The molecule has 7 rings (SSSR count). The van der Waals surface area contributed by atoms with Crippen LogP contribution in [0.5, 0.6) is 0 Å². The summed E-state index contributed by atoms with van der Waals surface area (Å²) < 4.78 is 3.49. The van der Waals surface area contributed by atoms with E-state index >= 15 is 0 Å². The van der Waals surface area contributed by atoms with E-state index in [1.165, 1.54) is 25.7 Å². The summed E-state index contributed by atoms with van der Waals surface area (Å²) in [5.41, 5.74) is 4.99. The lowest BCUT2D eigenvalue weighted by Gasteiger charge is -2.21. The predicted molar refractivity (Wildman–Crippen MR) is 134 cm³/mol. The van der Waals surface area contributed by atoms with Crippen molar-refractivity contribution < 1.29 is 4.79 Å². The Morgan fingerprint density at radius 3 is 2.69 bits per heavy atom. The summed E-state index contributed by atoms with van der Waals surface area (Å²) >= 11 is 0. The number of carbonyl (C=O) groups is 1. The number of aryl methyl sites for hydroxylation is 2. The fourth-order valence-electron chi connectivity index (χ4n) is 5.87. The monoisotopic (exact) mass is 485 g/mol. The van der Waals surface area contributed by atoms with E-state index in [2.05, 4.69) is 40.4 Å². The van der Waals surface area contributed by atoms with Crippen LogP contribution >= 0.6 is 0 Å². The standard InChI is InChI=1S/C24H27N11O/c1-33-12-14(11-27-33)28-24-30-20-18-21(32-34(2)22(18)31-24)29-17-9-13(10-26-19(17)20)23(36)25-7-8-35-15-3-4-16(35)6-5-15/h9-12,15-16,29,32H,3-8H2,1-2H3,(H,25,36). The van der Waals surface area contributed by atoms with Crippen molar-refractivity contribution in [1.29, 1.82) is 0 Å². The van der Waals surface area contributed by atoms with Gasteiger partial charge in [-0.25, -0.2) is 9.98 Å². The second kappa shape index (κ2) is 7.98. The number of fused-ring (bicyclic) bond motifs is 4. The predicted octanol–water partition coefficient (Wildman–Crippen LogP) is 1.65. The van der Waals surface area contributed by atoms with E-state index in [0.717, 1.165) is 17.6 Å². The summed E-state index contributed by atoms with van der Waals surface area (Å²) in [6.07, 6.45) is 10.3. The first-order chi connectivity index (χ1) is 17.5. The highest BCUT2D eigenvalue weighted by atomic mass is 16.1. The summed E-state index contributed by atoms with van der Waals surface area (Å²) in [5.74, 6) is -0.124. The van der Waals surface area contributed by atoms with Crippen LogP contribution in [-0.2, 0) is 14.1 Å². The number of hydrogen-bond donors (Lipinski definition) is 3. The molecule has 5 aromatic heterocycles. The maximum Gasteiger partial charge on any atom is 0.252 e. The molecule has 0 atom stereocenters. The largest absolute Gasteiger partial charge is 0.351 e. The SMILES string of the molecule is Cn1cc(N=c2nc3c4ncc(C(=O)NCCN5C6CCC5CC6)cc4[nH]c4[nH]n(C)c(n2)c43)cn1. The number of pyridine rings is 2. The number of aromatic amines is 2. The molecule has 36 heavy (non-hydrogen) atoms. The van der Waals surface area contributed by atoms with E-state index in [-0.39, 0.29) is 5.91 Å². The van der Waals surface area contributed by atoms with Gasteiger partial charge in [-0.2, -0.15) is 10.1 Å². The molecule has 184 valence electrons. The van der Waals surface area contributed by atoms with Crippen molar-refractivity contribution in [2.24, 2.45) is 19.1 Å². The molecular weight excluding hydrogens is 458 g/mol. The first-order valence-corrected chi connectivity index (χ1v) is 12.3. The molecule has 2 aliphatic rings. The third-order valence-electron chi connectivity index (χ3n) is 7.54. The molecule has 12 heteroatoms. The van der Waals surface area contributed by atoms with Crippen LogP contribution in [0.3, 0.4) is 0 Å². The van der Waals surface area contributed by atoms with Gasteiger partial charge in [0.1, 0.15) is 22.4 Å². The van der Waals surface area contributed by atoms with Crippen LogP contribution < -0.4 is 10.9 Å². The van der Waals surface area contributed by atoms with Crippen LogP contribution in [0.15, 0.2) is 29.6 Å². The summed E-state index contributed by atoms with van der Waals surface area (Å²) in [5, 5.41) is 11.3. The van der Waals surface area contributed by atoms with Crippen molar-refractivity contribution in [1.82, 2.24) is 49.7 Å². The molecule has 2 saturated heterocycles. The third kappa shape index (κ3) is 3.40. The van der Waals surface area contributed by atoms with Crippen molar-refractivity contribution in [3.63, 3.8) is 0 Å². The molecule has 1 amide bonds. The Hall–Kier alpha value is -4.06. The molecule has 12 nitrogen and oxygen atoms in total. The first-order valence-electron chi connectivity index (χ1n) is 12.3. The van der Waals surface area contributed by atoms with Gasteiger partial charge >= 0.3 is 0 Å². The number of carbonyl (C=O) groups excluding carboxylic acids is 1. The minimum Gasteiger partial charge on any atom is -0.351 e. The highest BCUT2D eigenvalue weighted by Crippen LogP contribution is 2.36. The summed E-state index contributed by atoms with van der Waals surface area (Å²) in [6, 6.07) is 3.24. The lowest BCUT2D eigenvalue weighted by atomic mass is 10.0. The maximum atomic E-state index is 12.9. The minimum atomic E-state index is -0.124. The van der Waals surface area contributed by atoms with Gasteiger partial charge in [-0.15, -0.1) is 0 Å². The molecule has 2 bridgehead atoms. The Bertz CT molecular complexity index is 1680. The van der Waals surface area contributed by atoms with E-state index < -0.39 is 0 Å². The minimum absolute atomic E-state index is 0.124. The Labute approximate surface area is 205 Å². The van der Waals surface area contributed by atoms with Crippen molar-refractivity contribution in [2.45, 2.75) is 37.8 Å². The molecular formula is C24H27N11O. The Morgan fingerprint density at radius 1 is 1.14 bits per heavy atom. The molecule has 0 aromatic carbocycles. The molecule has 5 aromatic rings. The van der Waals surface area contributed by atoms with Gasteiger partial charge in [0, 0.05) is 45.5 Å². The summed E-state index contributed by atoms with van der Waals surface area (Å²) in [4.78, 5) is 37.4. The first kappa shape index (κ1) is 21.2. The van der Waals surface area contributed by atoms with Gasteiger partial charge in [0.25, 0.3) is 11.5 Å². The number of aromatic nitrogens is 8. The fourth-order valence-corrected chi connectivity index (χ4v) is 5.87. The van der Waals surface area contributed by atoms with Gasteiger partial charge < -0.3 is 10.3 Å². The van der Waals surface area contributed by atoms with Crippen LogP contribution in [0.1, 0.15) is 36.0 Å². The van der Waals surface area contributed by atoms with Crippen LogP contribution in [0, 0.1) is 0 Å².